The van der Waals surface area contributed by atoms with Crippen LogP contribution in [0, 0.1) is 0 Å². The summed E-state index contributed by atoms with van der Waals surface area (Å²) in [6, 6.07) is 0.0369. The summed E-state index contributed by atoms with van der Waals surface area (Å²) in [4.78, 5) is 14.0. The van der Waals surface area contributed by atoms with Crippen molar-refractivity contribution in [3.05, 3.63) is 0 Å². The molecule has 1 saturated carbocycles. The Bertz CT molecular complexity index is 295. The zero-order valence-electron chi connectivity index (χ0n) is 11.8. The second-order valence-electron chi connectivity index (χ2n) is 5.68. The molecule has 2 N–H and O–H groups in total. The highest BCUT2D eigenvalue weighted by atomic mass is 32.2. The summed E-state index contributed by atoms with van der Waals surface area (Å²) in [5, 5.41) is 14.0. The average Bonchev–Trinajstić information content (AvgIpc) is 2.45. The van der Waals surface area contributed by atoms with Gasteiger partial charge in [-0.1, -0.05) is 12.8 Å². The second kappa shape index (κ2) is 7.50. The lowest BCUT2D eigenvalue weighted by Gasteiger charge is -2.35. The summed E-state index contributed by atoms with van der Waals surface area (Å²) in [5.41, 5.74) is 0. The molecule has 0 aromatic carbocycles. The third-order valence-corrected chi connectivity index (χ3v) is 5.67. The highest BCUT2D eigenvalue weighted by molar-refractivity contribution is 8.00. The maximum atomic E-state index is 12.2. The highest BCUT2D eigenvalue weighted by Gasteiger charge is 2.29. The minimum atomic E-state index is -0.327. The van der Waals surface area contributed by atoms with Crippen LogP contribution in [0.2, 0.25) is 0 Å². The Labute approximate surface area is 120 Å². The van der Waals surface area contributed by atoms with Crippen molar-refractivity contribution in [2.75, 3.05) is 25.9 Å². The largest absolute Gasteiger partial charge is 0.391 e. The number of piperidine rings is 1. The molecule has 2 atom stereocenters. The van der Waals surface area contributed by atoms with Gasteiger partial charge in [-0.15, -0.1) is 11.8 Å². The first-order valence-corrected chi connectivity index (χ1v) is 8.49. The molecule has 0 radical (unpaired) electrons. The first kappa shape index (κ1) is 15.1. The number of hydrogen-bond donors (Lipinski definition) is 2. The molecule has 1 amide bonds. The van der Waals surface area contributed by atoms with E-state index in [1.54, 1.807) is 16.7 Å². The molecule has 5 heteroatoms. The van der Waals surface area contributed by atoms with E-state index in [0.29, 0.717) is 11.0 Å². The van der Waals surface area contributed by atoms with Gasteiger partial charge in [0, 0.05) is 12.3 Å². The lowest BCUT2D eigenvalue weighted by Crippen LogP contribution is -2.47. The Morgan fingerprint density at radius 2 is 1.95 bits per heavy atom. The number of carbonyl (C=O) groups excluding carboxylic acids is 1. The number of nitrogens with one attached hydrogen (secondary N) is 1. The summed E-state index contributed by atoms with van der Waals surface area (Å²) < 4.78 is 0. The van der Waals surface area contributed by atoms with Gasteiger partial charge < -0.3 is 15.3 Å². The minimum Gasteiger partial charge on any atom is -0.391 e. The minimum absolute atomic E-state index is 0.0369. The molecular formula is C14H26N2O2S. The highest BCUT2D eigenvalue weighted by Crippen LogP contribution is 2.24. The van der Waals surface area contributed by atoms with Crippen LogP contribution in [0.5, 0.6) is 0 Å². The molecule has 0 bridgehead atoms. The van der Waals surface area contributed by atoms with Gasteiger partial charge in [0.1, 0.15) is 0 Å². The molecule has 2 fully saturated rings. The molecule has 110 valence electrons. The van der Waals surface area contributed by atoms with Gasteiger partial charge in [-0.05, 0) is 38.8 Å². The molecule has 0 spiro atoms. The van der Waals surface area contributed by atoms with Crippen molar-refractivity contribution in [1.29, 1.82) is 0 Å². The van der Waals surface area contributed by atoms with E-state index in [1.165, 1.54) is 0 Å². The third kappa shape index (κ3) is 4.36. The van der Waals surface area contributed by atoms with E-state index in [0.717, 1.165) is 51.6 Å². The van der Waals surface area contributed by atoms with Crippen LogP contribution in [0.3, 0.4) is 0 Å². The van der Waals surface area contributed by atoms with Crippen molar-refractivity contribution < 1.29 is 9.90 Å². The maximum Gasteiger partial charge on any atom is 0.232 e. The number of rotatable bonds is 4. The van der Waals surface area contributed by atoms with Crippen molar-refractivity contribution >= 4 is 17.7 Å². The van der Waals surface area contributed by atoms with Crippen molar-refractivity contribution in [2.45, 2.75) is 55.9 Å². The fourth-order valence-corrected chi connectivity index (χ4v) is 4.13. The van der Waals surface area contributed by atoms with E-state index in [1.807, 2.05) is 7.05 Å². The van der Waals surface area contributed by atoms with Gasteiger partial charge in [0.25, 0.3) is 0 Å². The van der Waals surface area contributed by atoms with Gasteiger partial charge in [-0.2, -0.15) is 0 Å². The molecule has 0 aromatic rings. The van der Waals surface area contributed by atoms with Crippen LogP contribution in [-0.4, -0.2) is 59.2 Å². The fraction of sp³-hybridized carbons (Fsp3) is 0.929. The van der Waals surface area contributed by atoms with Gasteiger partial charge in [0.15, 0.2) is 0 Å². The number of amides is 1. The first-order chi connectivity index (χ1) is 9.18. The standard InChI is InChI=1S/C14H26N2O2S/c1-16(12-4-2-3-5-13(12)17)14(18)10-19-11-6-8-15-9-7-11/h11-13,15,17H,2-10H2,1H3. The normalized spacial score (nSPS) is 29.2. The quantitative estimate of drug-likeness (QED) is 0.816. The number of hydrogen-bond acceptors (Lipinski definition) is 4. The summed E-state index contributed by atoms with van der Waals surface area (Å²) in [6.07, 6.45) is 5.99. The Balaban J connectivity index is 1.74. The topological polar surface area (TPSA) is 52.6 Å². The molecule has 4 nitrogen and oxygen atoms in total. The average molecular weight is 286 g/mol. The van der Waals surface area contributed by atoms with E-state index in [4.69, 9.17) is 0 Å². The van der Waals surface area contributed by atoms with Crippen LogP contribution >= 0.6 is 11.8 Å². The summed E-state index contributed by atoms with van der Waals surface area (Å²) in [6.45, 7) is 2.14. The summed E-state index contributed by atoms with van der Waals surface area (Å²) in [5.74, 6) is 0.735. The van der Waals surface area contributed by atoms with Crippen LogP contribution in [0.15, 0.2) is 0 Å². The Morgan fingerprint density at radius 3 is 2.63 bits per heavy atom. The molecule has 19 heavy (non-hydrogen) atoms. The van der Waals surface area contributed by atoms with Gasteiger partial charge in [-0.25, -0.2) is 0 Å². The SMILES string of the molecule is CN(C(=O)CSC1CCNCC1)C1CCCCC1O. The van der Waals surface area contributed by atoms with Crippen LogP contribution in [0.4, 0.5) is 0 Å². The molecule has 1 aliphatic heterocycles. The molecule has 0 aromatic heterocycles. The van der Waals surface area contributed by atoms with Crippen molar-refractivity contribution in [3.8, 4) is 0 Å². The van der Waals surface area contributed by atoms with Crippen molar-refractivity contribution in [2.24, 2.45) is 0 Å². The molecule has 2 unspecified atom stereocenters. The van der Waals surface area contributed by atoms with Crippen LogP contribution in [0.25, 0.3) is 0 Å². The molecular weight excluding hydrogens is 260 g/mol. The number of nitrogens with zero attached hydrogens (tertiary/aromatic N) is 1. The number of likely N-dealkylation sites (N-methyl/N-ethyl adjacent to an activating group) is 1. The molecule has 1 saturated heterocycles. The van der Waals surface area contributed by atoms with Gasteiger partial charge in [0.05, 0.1) is 17.9 Å². The predicted molar refractivity (Wildman–Crippen MR) is 79.4 cm³/mol. The first-order valence-electron chi connectivity index (χ1n) is 7.44. The number of thioether (sulfide) groups is 1. The molecule has 2 rings (SSSR count). The second-order valence-corrected chi connectivity index (χ2v) is 6.97. The number of aliphatic hydroxyl groups is 1. The predicted octanol–water partition coefficient (Wildman–Crippen LogP) is 1.23. The van der Waals surface area contributed by atoms with E-state index >= 15 is 0 Å². The fourth-order valence-electron chi connectivity index (χ4n) is 2.98. The van der Waals surface area contributed by atoms with Gasteiger partial charge >= 0.3 is 0 Å². The van der Waals surface area contributed by atoms with E-state index in [9.17, 15) is 9.90 Å². The van der Waals surface area contributed by atoms with Crippen LogP contribution in [0.1, 0.15) is 38.5 Å². The third-order valence-electron chi connectivity index (χ3n) is 4.31. The zero-order chi connectivity index (χ0) is 13.7. The Morgan fingerprint density at radius 1 is 1.26 bits per heavy atom. The van der Waals surface area contributed by atoms with E-state index < -0.39 is 0 Å². The van der Waals surface area contributed by atoms with E-state index in [2.05, 4.69) is 5.32 Å². The summed E-state index contributed by atoms with van der Waals surface area (Å²) in [7, 11) is 1.85. The van der Waals surface area contributed by atoms with Crippen molar-refractivity contribution in [3.63, 3.8) is 0 Å². The van der Waals surface area contributed by atoms with Gasteiger partial charge in [-0.3, -0.25) is 4.79 Å². The van der Waals surface area contributed by atoms with Crippen LogP contribution < -0.4 is 5.32 Å². The summed E-state index contributed by atoms with van der Waals surface area (Å²) >= 11 is 1.79. The smallest absolute Gasteiger partial charge is 0.232 e. The molecule has 1 aliphatic carbocycles. The maximum absolute atomic E-state index is 12.2. The lowest BCUT2D eigenvalue weighted by molar-refractivity contribution is -0.132. The lowest BCUT2D eigenvalue weighted by atomic mass is 9.91. The number of aliphatic hydroxyl groups excluding tert-OH is 1. The molecule has 1 heterocycles. The monoisotopic (exact) mass is 286 g/mol. The Kier molecular flexibility index (Phi) is 5.98. The van der Waals surface area contributed by atoms with E-state index in [-0.39, 0.29) is 18.1 Å². The number of carbonyl (C=O) groups is 1. The van der Waals surface area contributed by atoms with Gasteiger partial charge in [0.2, 0.25) is 5.91 Å². The molecule has 2 aliphatic rings. The van der Waals surface area contributed by atoms with Crippen molar-refractivity contribution in [1.82, 2.24) is 10.2 Å². The van der Waals surface area contributed by atoms with Crippen LogP contribution in [-0.2, 0) is 4.79 Å². The zero-order valence-corrected chi connectivity index (χ0v) is 12.6. The Hall–Kier alpha value is -0.260.